The first-order valence-electron chi connectivity index (χ1n) is 10.6. The zero-order chi connectivity index (χ0) is 22.6. The molecule has 0 saturated carbocycles. The first-order valence-corrected chi connectivity index (χ1v) is 11.4. The van der Waals surface area contributed by atoms with Gasteiger partial charge in [-0.3, -0.25) is 4.79 Å². The lowest BCUT2D eigenvalue weighted by molar-refractivity contribution is -0.125. The molecule has 1 heterocycles. The standard InChI is InChI=1S/C26H25Cl2NO3/c1-18-15-21(8-10-24(18)32-17-19-5-3-2-4-6-19)29-25(30)26(11-13-31-14-12-26)22-9-7-20(27)16-23(22)28/h2-10,15-16H,11-14,17H2,1H3,(H,29,30). The number of halogens is 2. The summed E-state index contributed by atoms with van der Waals surface area (Å²) < 4.78 is 11.5. The van der Waals surface area contributed by atoms with Crippen LogP contribution in [0.1, 0.15) is 29.5 Å². The Morgan fingerprint density at radius 3 is 2.47 bits per heavy atom. The van der Waals surface area contributed by atoms with Gasteiger partial charge in [0.1, 0.15) is 12.4 Å². The molecule has 0 aromatic heterocycles. The minimum absolute atomic E-state index is 0.0950. The highest BCUT2D eigenvalue weighted by Gasteiger charge is 2.43. The van der Waals surface area contributed by atoms with Crippen molar-refractivity contribution in [3.8, 4) is 5.75 Å². The van der Waals surface area contributed by atoms with Crippen molar-refractivity contribution in [2.45, 2.75) is 31.8 Å². The topological polar surface area (TPSA) is 47.6 Å². The van der Waals surface area contributed by atoms with E-state index in [0.29, 0.717) is 42.7 Å². The van der Waals surface area contributed by atoms with Gasteiger partial charge < -0.3 is 14.8 Å². The molecule has 0 radical (unpaired) electrons. The van der Waals surface area contributed by atoms with E-state index < -0.39 is 5.41 Å². The minimum Gasteiger partial charge on any atom is -0.489 e. The Balaban J connectivity index is 1.52. The summed E-state index contributed by atoms with van der Waals surface area (Å²) in [7, 11) is 0. The minimum atomic E-state index is -0.768. The number of hydrogen-bond donors (Lipinski definition) is 1. The summed E-state index contributed by atoms with van der Waals surface area (Å²) in [5.74, 6) is 0.691. The summed E-state index contributed by atoms with van der Waals surface area (Å²) in [6, 6.07) is 21.0. The van der Waals surface area contributed by atoms with Crippen molar-refractivity contribution >= 4 is 34.8 Å². The molecule has 1 aliphatic heterocycles. The lowest BCUT2D eigenvalue weighted by Gasteiger charge is -2.37. The maximum Gasteiger partial charge on any atom is 0.235 e. The van der Waals surface area contributed by atoms with Crippen molar-refractivity contribution in [1.29, 1.82) is 0 Å². The molecule has 3 aromatic carbocycles. The number of benzene rings is 3. The quantitative estimate of drug-likeness (QED) is 0.444. The first kappa shape index (κ1) is 22.7. The molecule has 0 bridgehead atoms. The van der Waals surface area contributed by atoms with Crippen LogP contribution in [0.3, 0.4) is 0 Å². The molecular formula is C26H25Cl2NO3. The van der Waals surface area contributed by atoms with Crippen LogP contribution in [0.2, 0.25) is 10.0 Å². The van der Waals surface area contributed by atoms with Crippen molar-refractivity contribution < 1.29 is 14.3 Å². The normalized spacial score (nSPS) is 15.2. The van der Waals surface area contributed by atoms with E-state index in [1.165, 1.54) is 0 Å². The SMILES string of the molecule is Cc1cc(NC(=O)C2(c3ccc(Cl)cc3Cl)CCOCC2)ccc1OCc1ccccc1. The molecule has 0 unspecified atom stereocenters. The van der Waals surface area contributed by atoms with Crippen LogP contribution in [0.25, 0.3) is 0 Å². The molecule has 4 rings (SSSR count). The maximum absolute atomic E-state index is 13.5. The highest BCUT2D eigenvalue weighted by atomic mass is 35.5. The third kappa shape index (κ3) is 4.93. The molecular weight excluding hydrogens is 445 g/mol. The van der Waals surface area contributed by atoms with Gasteiger partial charge >= 0.3 is 0 Å². The summed E-state index contributed by atoms with van der Waals surface area (Å²) >= 11 is 12.6. The maximum atomic E-state index is 13.5. The number of hydrogen-bond acceptors (Lipinski definition) is 3. The highest BCUT2D eigenvalue weighted by molar-refractivity contribution is 6.35. The fraction of sp³-hybridized carbons (Fsp3) is 0.269. The fourth-order valence-corrected chi connectivity index (χ4v) is 4.68. The second kappa shape index (κ2) is 9.95. The third-order valence-electron chi connectivity index (χ3n) is 5.90. The number of carbonyl (C=O) groups excluding carboxylic acids is 1. The fourth-order valence-electron chi connectivity index (χ4n) is 4.09. The lowest BCUT2D eigenvalue weighted by Crippen LogP contribution is -2.45. The van der Waals surface area contributed by atoms with Crippen LogP contribution in [0, 0.1) is 6.92 Å². The Morgan fingerprint density at radius 2 is 1.78 bits per heavy atom. The molecule has 0 spiro atoms. The Hall–Kier alpha value is -2.53. The monoisotopic (exact) mass is 469 g/mol. The van der Waals surface area contributed by atoms with Gasteiger partial charge in [-0.15, -0.1) is 0 Å². The van der Waals surface area contributed by atoms with Crippen molar-refractivity contribution in [3.05, 3.63) is 93.5 Å². The number of aryl methyl sites for hydroxylation is 1. The molecule has 166 valence electrons. The Bertz CT molecular complexity index is 1100. The summed E-state index contributed by atoms with van der Waals surface area (Å²) in [6.07, 6.45) is 1.11. The molecule has 1 amide bonds. The second-order valence-electron chi connectivity index (χ2n) is 8.03. The molecule has 1 N–H and O–H groups in total. The van der Waals surface area contributed by atoms with Crippen molar-refractivity contribution in [2.75, 3.05) is 18.5 Å². The summed E-state index contributed by atoms with van der Waals surface area (Å²) in [6.45, 7) is 3.46. The average molecular weight is 470 g/mol. The van der Waals surface area contributed by atoms with Crippen LogP contribution in [-0.2, 0) is 21.6 Å². The summed E-state index contributed by atoms with van der Waals surface area (Å²) in [5, 5.41) is 4.13. The Labute approximate surface area is 198 Å². The molecule has 32 heavy (non-hydrogen) atoms. The molecule has 0 aliphatic carbocycles. The number of nitrogens with one attached hydrogen (secondary N) is 1. The predicted octanol–water partition coefficient (Wildman–Crippen LogP) is 6.57. The van der Waals surface area contributed by atoms with E-state index in [0.717, 1.165) is 28.1 Å². The van der Waals surface area contributed by atoms with Gasteiger partial charge in [0, 0.05) is 28.9 Å². The van der Waals surface area contributed by atoms with Crippen LogP contribution < -0.4 is 10.1 Å². The van der Waals surface area contributed by atoms with Crippen molar-refractivity contribution in [1.82, 2.24) is 0 Å². The van der Waals surface area contributed by atoms with Gasteiger partial charge in [0.25, 0.3) is 0 Å². The second-order valence-corrected chi connectivity index (χ2v) is 8.87. The largest absolute Gasteiger partial charge is 0.489 e. The lowest BCUT2D eigenvalue weighted by atomic mass is 9.73. The van der Waals surface area contributed by atoms with Gasteiger partial charge in [0.2, 0.25) is 5.91 Å². The van der Waals surface area contributed by atoms with E-state index in [-0.39, 0.29) is 5.91 Å². The molecule has 6 heteroatoms. The van der Waals surface area contributed by atoms with E-state index in [4.69, 9.17) is 32.7 Å². The number of ether oxygens (including phenoxy) is 2. The van der Waals surface area contributed by atoms with Crippen LogP contribution in [0.15, 0.2) is 66.7 Å². The molecule has 4 nitrogen and oxygen atoms in total. The molecule has 1 saturated heterocycles. The zero-order valence-electron chi connectivity index (χ0n) is 17.9. The highest BCUT2D eigenvalue weighted by Crippen LogP contribution is 2.40. The van der Waals surface area contributed by atoms with E-state index in [1.807, 2.05) is 61.5 Å². The van der Waals surface area contributed by atoms with Crippen LogP contribution >= 0.6 is 23.2 Å². The van der Waals surface area contributed by atoms with E-state index in [1.54, 1.807) is 12.1 Å². The smallest absolute Gasteiger partial charge is 0.235 e. The number of anilines is 1. The van der Waals surface area contributed by atoms with Crippen LogP contribution in [0.4, 0.5) is 5.69 Å². The molecule has 1 fully saturated rings. The molecule has 0 atom stereocenters. The Kier molecular flexibility index (Phi) is 7.04. The van der Waals surface area contributed by atoms with Gasteiger partial charge in [0.15, 0.2) is 0 Å². The average Bonchev–Trinajstić information content (AvgIpc) is 2.79. The summed E-state index contributed by atoms with van der Waals surface area (Å²) in [5.41, 5.74) is 2.78. The van der Waals surface area contributed by atoms with Crippen LogP contribution in [-0.4, -0.2) is 19.1 Å². The predicted molar refractivity (Wildman–Crippen MR) is 129 cm³/mol. The third-order valence-corrected chi connectivity index (χ3v) is 6.45. The van der Waals surface area contributed by atoms with Gasteiger partial charge in [0.05, 0.1) is 5.41 Å². The van der Waals surface area contributed by atoms with Gasteiger partial charge in [-0.2, -0.15) is 0 Å². The van der Waals surface area contributed by atoms with Gasteiger partial charge in [-0.25, -0.2) is 0 Å². The van der Waals surface area contributed by atoms with Gasteiger partial charge in [-0.05, 0) is 66.8 Å². The first-order chi connectivity index (χ1) is 15.5. The molecule has 1 aliphatic rings. The van der Waals surface area contributed by atoms with E-state index in [2.05, 4.69) is 5.32 Å². The van der Waals surface area contributed by atoms with E-state index >= 15 is 0 Å². The number of rotatable bonds is 6. The van der Waals surface area contributed by atoms with E-state index in [9.17, 15) is 4.79 Å². The van der Waals surface area contributed by atoms with Crippen molar-refractivity contribution in [3.63, 3.8) is 0 Å². The Morgan fingerprint density at radius 1 is 1.03 bits per heavy atom. The van der Waals surface area contributed by atoms with Gasteiger partial charge in [-0.1, -0.05) is 59.6 Å². The number of carbonyl (C=O) groups is 1. The van der Waals surface area contributed by atoms with Crippen molar-refractivity contribution in [2.24, 2.45) is 0 Å². The number of amides is 1. The zero-order valence-corrected chi connectivity index (χ0v) is 19.4. The van der Waals surface area contributed by atoms with Crippen LogP contribution in [0.5, 0.6) is 5.75 Å². The summed E-state index contributed by atoms with van der Waals surface area (Å²) in [4.78, 5) is 13.5. The molecule has 3 aromatic rings.